The third kappa shape index (κ3) is 3.18. The number of amides is 1. The molecule has 0 aliphatic carbocycles. The molecule has 1 aromatic heterocycles. The number of aryl methyl sites for hydroxylation is 1. The van der Waals surface area contributed by atoms with Crippen molar-refractivity contribution in [1.82, 2.24) is 15.5 Å². The summed E-state index contributed by atoms with van der Waals surface area (Å²) in [5.41, 5.74) is 7.09. The second kappa shape index (κ2) is 4.76. The molecule has 0 radical (unpaired) electrons. The van der Waals surface area contributed by atoms with Crippen LogP contribution >= 0.6 is 0 Å². The third-order valence-corrected chi connectivity index (χ3v) is 1.86. The van der Waals surface area contributed by atoms with Crippen molar-refractivity contribution in [2.75, 3.05) is 6.54 Å². The summed E-state index contributed by atoms with van der Waals surface area (Å²) in [7, 11) is 0. The monoisotopic (exact) mass is 196 g/mol. The van der Waals surface area contributed by atoms with E-state index in [0.717, 1.165) is 11.4 Å². The average Bonchev–Trinajstić information content (AvgIpc) is 2.50. The van der Waals surface area contributed by atoms with Crippen LogP contribution in [-0.2, 0) is 11.2 Å². The molecule has 0 aliphatic rings. The molecule has 4 N–H and O–H groups in total. The molecule has 0 bridgehead atoms. The van der Waals surface area contributed by atoms with Crippen molar-refractivity contribution in [3.63, 3.8) is 0 Å². The Hall–Kier alpha value is -1.36. The second-order valence-electron chi connectivity index (χ2n) is 3.42. The lowest BCUT2D eigenvalue weighted by Crippen LogP contribution is -2.38. The molecule has 0 aliphatic heterocycles. The number of rotatable bonds is 4. The van der Waals surface area contributed by atoms with E-state index in [4.69, 9.17) is 5.73 Å². The van der Waals surface area contributed by atoms with Gasteiger partial charge in [0.2, 0.25) is 5.91 Å². The van der Waals surface area contributed by atoms with Crippen LogP contribution in [0.2, 0.25) is 0 Å². The Balaban J connectivity index is 2.41. The van der Waals surface area contributed by atoms with Gasteiger partial charge in [-0.05, 0) is 19.9 Å². The molecule has 0 spiro atoms. The number of H-pyrrole nitrogens is 1. The highest BCUT2D eigenvalue weighted by molar-refractivity contribution is 5.78. The van der Waals surface area contributed by atoms with Crippen molar-refractivity contribution in [1.29, 1.82) is 0 Å². The van der Waals surface area contributed by atoms with E-state index in [-0.39, 0.29) is 11.9 Å². The first-order chi connectivity index (χ1) is 6.61. The van der Waals surface area contributed by atoms with E-state index < -0.39 is 0 Å². The predicted octanol–water partition coefficient (Wildman–Crippen LogP) is -0.276. The topological polar surface area (TPSA) is 83.8 Å². The van der Waals surface area contributed by atoms with Gasteiger partial charge >= 0.3 is 0 Å². The number of nitrogens with one attached hydrogen (secondary N) is 2. The average molecular weight is 196 g/mol. The standard InChI is InChI=1S/C9H16N4O/c1-6-3-8(13-12-6)4-9(14)11-7(2)5-10/h3,7H,4-5,10H2,1-2H3,(H,11,14)(H,12,13). The van der Waals surface area contributed by atoms with Gasteiger partial charge in [0, 0.05) is 18.3 Å². The summed E-state index contributed by atoms with van der Waals surface area (Å²) < 4.78 is 0. The van der Waals surface area contributed by atoms with E-state index in [1.54, 1.807) is 0 Å². The van der Waals surface area contributed by atoms with Crippen LogP contribution in [0.5, 0.6) is 0 Å². The van der Waals surface area contributed by atoms with Gasteiger partial charge in [-0.2, -0.15) is 5.10 Å². The molecule has 5 nitrogen and oxygen atoms in total. The number of carbonyl (C=O) groups is 1. The first kappa shape index (κ1) is 10.7. The molecule has 14 heavy (non-hydrogen) atoms. The van der Waals surface area contributed by atoms with Crippen LogP contribution in [0.15, 0.2) is 6.07 Å². The Morgan fingerprint density at radius 3 is 3.00 bits per heavy atom. The number of hydrogen-bond donors (Lipinski definition) is 3. The van der Waals surface area contributed by atoms with E-state index >= 15 is 0 Å². The van der Waals surface area contributed by atoms with Gasteiger partial charge in [-0.3, -0.25) is 9.89 Å². The zero-order chi connectivity index (χ0) is 10.6. The van der Waals surface area contributed by atoms with Crippen LogP contribution in [0.1, 0.15) is 18.3 Å². The Morgan fingerprint density at radius 1 is 1.79 bits per heavy atom. The summed E-state index contributed by atoms with van der Waals surface area (Å²) in [6.07, 6.45) is 0.300. The molecule has 5 heteroatoms. The molecule has 0 aromatic carbocycles. The molecule has 1 amide bonds. The number of aromatic nitrogens is 2. The molecular weight excluding hydrogens is 180 g/mol. The van der Waals surface area contributed by atoms with Crippen LogP contribution in [0.3, 0.4) is 0 Å². The van der Waals surface area contributed by atoms with Crippen LogP contribution < -0.4 is 11.1 Å². The Bertz CT molecular complexity index is 308. The molecule has 1 aromatic rings. The minimum atomic E-state index is -0.0468. The number of carbonyl (C=O) groups excluding carboxylic acids is 1. The fraction of sp³-hybridized carbons (Fsp3) is 0.556. The predicted molar refractivity (Wildman–Crippen MR) is 53.7 cm³/mol. The van der Waals surface area contributed by atoms with Crippen molar-refractivity contribution < 1.29 is 4.79 Å². The van der Waals surface area contributed by atoms with E-state index in [1.165, 1.54) is 0 Å². The van der Waals surface area contributed by atoms with Gasteiger partial charge in [-0.15, -0.1) is 0 Å². The summed E-state index contributed by atoms with van der Waals surface area (Å²) in [5, 5.41) is 9.53. The fourth-order valence-corrected chi connectivity index (χ4v) is 1.11. The lowest BCUT2D eigenvalue weighted by atomic mass is 10.2. The number of nitrogens with zero attached hydrogens (tertiary/aromatic N) is 1. The maximum atomic E-state index is 11.4. The lowest BCUT2D eigenvalue weighted by Gasteiger charge is -2.09. The molecule has 0 fully saturated rings. The van der Waals surface area contributed by atoms with Crippen molar-refractivity contribution in [3.05, 3.63) is 17.5 Å². The highest BCUT2D eigenvalue weighted by atomic mass is 16.1. The summed E-state index contributed by atoms with van der Waals surface area (Å²) in [5.74, 6) is -0.0468. The first-order valence-corrected chi connectivity index (χ1v) is 4.62. The zero-order valence-electron chi connectivity index (χ0n) is 8.50. The van der Waals surface area contributed by atoms with E-state index in [1.807, 2.05) is 19.9 Å². The highest BCUT2D eigenvalue weighted by Crippen LogP contribution is 1.98. The van der Waals surface area contributed by atoms with E-state index in [2.05, 4.69) is 15.5 Å². The Morgan fingerprint density at radius 2 is 2.50 bits per heavy atom. The van der Waals surface area contributed by atoms with Gasteiger partial charge in [0.1, 0.15) is 0 Å². The maximum absolute atomic E-state index is 11.4. The molecule has 1 heterocycles. The normalized spacial score (nSPS) is 12.5. The van der Waals surface area contributed by atoms with E-state index in [0.29, 0.717) is 13.0 Å². The van der Waals surface area contributed by atoms with Gasteiger partial charge in [0.25, 0.3) is 0 Å². The Labute approximate surface area is 83.1 Å². The number of aromatic amines is 1. The number of hydrogen-bond acceptors (Lipinski definition) is 3. The highest BCUT2D eigenvalue weighted by Gasteiger charge is 2.08. The minimum absolute atomic E-state index is 0.0162. The largest absolute Gasteiger partial charge is 0.352 e. The molecule has 0 saturated heterocycles. The quantitative estimate of drug-likeness (QED) is 0.619. The second-order valence-corrected chi connectivity index (χ2v) is 3.42. The summed E-state index contributed by atoms with van der Waals surface area (Å²) >= 11 is 0. The van der Waals surface area contributed by atoms with E-state index in [9.17, 15) is 4.79 Å². The van der Waals surface area contributed by atoms with Gasteiger partial charge in [-0.1, -0.05) is 0 Å². The maximum Gasteiger partial charge on any atom is 0.226 e. The molecule has 0 saturated carbocycles. The van der Waals surface area contributed by atoms with Gasteiger partial charge < -0.3 is 11.1 Å². The van der Waals surface area contributed by atoms with Gasteiger partial charge in [0.15, 0.2) is 0 Å². The molecule has 1 rings (SSSR count). The van der Waals surface area contributed by atoms with Crippen molar-refractivity contribution >= 4 is 5.91 Å². The molecule has 78 valence electrons. The van der Waals surface area contributed by atoms with Crippen molar-refractivity contribution in [2.24, 2.45) is 5.73 Å². The van der Waals surface area contributed by atoms with Crippen molar-refractivity contribution in [2.45, 2.75) is 26.3 Å². The minimum Gasteiger partial charge on any atom is -0.352 e. The molecule has 1 atom stereocenters. The third-order valence-electron chi connectivity index (χ3n) is 1.86. The van der Waals surface area contributed by atoms with Crippen LogP contribution in [0.25, 0.3) is 0 Å². The van der Waals surface area contributed by atoms with Crippen molar-refractivity contribution in [3.8, 4) is 0 Å². The fourth-order valence-electron chi connectivity index (χ4n) is 1.11. The molecular formula is C9H16N4O. The summed E-state index contributed by atoms with van der Waals surface area (Å²) in [6.45, 7) is 4.22. The summed E-state index contributed by atoms with van der Waals surface area (Å²) in [6, 6.07) is 1.87. The van der Waals surface area contributed by atoms with Crippen LogP contribution in [0.4, 0.5) is 0 Å². The SMILES string of the molecule is Cc1cc(CC(=O)NC(C)CN)n[nH]1. The zero-order valence-corrected chi connectivity index (χ0v) is 8.50. The van der Waals surface area contributed by atoms with Gasteiger partial charge in [-0.25, -0.2) is 0 Å². The lowest BCUT2D eigenvalue weighted by molar-refractivity contribution is -0.121. The van der Waals surface area contributed by atoms with Gasteiger partial charge in [0.05, 0.1) is 12.1 Å². The summed E-state index contributed by atoms with van der Waals surface area (Å²) in [4.78, 5) is 11.4. The van der Waals surface area contributed by atoms with Crippen LogP contribution in [-0.4, -0.2) is 28.7 Å². The molecule has 1 unspecified atom stereocenters. The first-order valence-electron chi connectivity index (χ1n) is 4.62. The smallest absolute Gasteiger partial charge is 0.226 e. The van der Waals surface area contributed by atoms with Crippen LogP contribution in [0, 0.1) is 6.92 Å². The number of nitrogens with two attached hydrogens (primary N) is 1. The Kier molecular flexibility index (Phi) is 3.64.